The Morgan fingerprint density at radius 1 is 1.27 bits per heavy atom. The van der Waals surface area contributed by atoms with Gasteiger partial charge in [0, 0.05) is 5.92 Å². The highest BCUT2D eigenvalue weighted by molar-refractivity contribution is 7.71. The quantitative estimate of drug-likeness (QED) is 0.221. The van der Waals surface area contributed by atoms with Crippen LogP contribution >= 0.6 is 24.2 Å². The Bertz CT molecular complexity index is 987. The van der Waals surface area contributed by atoms with Crippen molar-refractivity contribution in [2.75, 3.05) is 5.73 Å². The molecule has 2 aliphatic rings. The molecule has 1 aliphatic heterocycles. The molecular weight excluding hydrogens is 471 g/mol. The normalized spacial score (nSPS) is 28.5. The van der Waals surface area contributed by atoms with Gasteiger partial charge in [0.25, 0.3) is 0 Å². The van der Waals surface area contributed by atoms with Crippen LogP contribution in [0.4, 0.5) is 5.82 Å². The highest BCUT2D eigenvalue weighted by Crippen LogP contribution is 2.74. The van der Waals surface area contributed by atoms with Crippen molar-refractivity contribution >= 4 is 41.1 Å². The Morgan fingerprint density at radius 2 is 2.00 bits per heavy atom. The topological polar surface area (TPSA) is 245 Å². The van der Waals surface area contributed by atoms with E-state index in [9.17, 15) is 19.2 Å². The van der Waals surface area contributed by atoms with Gasteiger partial charge in [-0.3, -0.25) is 4.52 Å². The van der Waals surface area contributed by atoms with E-state index in [0.717, 1.165) is 0 Å². The van der Waals surface area contributed by atoms with E-state index in [4.69, 9.17) is 29.7 Å². The first-order valence-corrected chi connectivity index (χ1v) is 12.9. The highest BCUT2D eigenvalue weighted by atomic mass is 31.3. The Hall–Kier alpha value is -0.960. The zero-order chi connectivity index (χ0) is 21.9. The van der Waals surface area contributed by atoms with Crippen LogP contribution in [0.5, 0.6) is 0 Å². The van der Waals surface area contributed by atoms with Crippen molar-refractivity contribution in [1.29, 1.82) is 0 Å². The Morgan fingerprint density at radius 3 is 2.63 bits per heavy atom. The van der Waals surface area contributed by atoms with Crippen molar-refractivity contribution in [2.45, 2.75) is 31.3 Å². The molecule has 0 aromatic carbocycles. The first kappa shape index (κ1) is 22.2. The van der Waals surface area contributed by atoms with E-state index in [0.29, 0.717) is 24.1 Å². The molecule has 30 heavy (non-hydrogen) atoms. The first-order chi connectivity index (χ1) is 13.8. The summed E-state index contributed by atoms with van der Waals surface area (Å²) in [5.74, 6) is -0.000518. The third-order valence-corrected chi connectivity index (χ3v) is 8.34. The molecule has 2 aromatic heterocycles. The van der Waals surface area contributed by atoms with Gasteiger partial charge in [0.2, 0.25) is 0 Å². The molecule has 3 heterocycles. The van der Waals surface area contributed by atoms with Gasteiger partial charge in [-0.1, -0.05) is 0 Å². The van der Waals surface area contributed by atoms with Gasteiger partial charge in [-0.15, -0.1) is 0 Å². The Balaban J connectivity index is 1.31. The minimum absolute atomic E-state index is 0.250. The fourth-order valence-electron chi connectivity index (χ4n) is 3.31. The molecule has 0 spiro atoms. The van der Waals surface area contributed by atoms with E-state index < -0.39 is 36.4 Å². The van der Waals surface area contributed by atoms with Crippen LogP contribution in [0.15, 0.2) is 12.7 Å². The monoisotopic (exact) mass is 489 g/mol. The van der Waals surface area contributed by atoms with Gasteiger partial charge in [-0.25, -0.2) is 19.5 Å². The predicted octanol–water partition coefficient (Wildman–Crippen LogP) is -0.969. The Kier molecular flexibility index (Phi) is 5.61. The number of phosphoric ester groups is 1. The number of anilines is 1. The van der Waals surface area contributed by atoms with E-state index in [1.807, 2.05) is 0 Å². The minimum Gasteiger partial charge on any atom is -0.382 e. The predicted molar refractivity (Wildman–Crippen MR) is 98.3 cm³/mol. The lowest BCUT2D eigenvalue weighted by Crippen LogP contribution is -2.21. The number of nitrogens with two attached hydrogens (primary N) is 1. The van der Waals surface area contributed by atoms with Crippen molar-refractivity contribution in [1.82, 2.24) is 19.5 Å². The third-order valence-electron chi connectivity index (χ3n) is 4.42. The van der Waals surface area contributed by atoms with Crippen LogP contribution in [0.3, 0.4) is 0 Å². The summed E-state index contributed by atoms with van der Waals surface area (Å²) in [4.78, 5) is 66.4. The van der Waals surface area contributed by atoms with Crippen molar-refractivity contribution in [2.24, 2.45) is 5.92 Å². The summed E-state index contributed by atoms with van der Waals surface area (Å²) >= 11 is 0. The van der Waals surface area contributed by atoms with E-state index in [1.165, 1.54) is 6.33 Å². The second kappa shape index (κ2) is 7.57. The molecule has 4 rings (SSSR count). The van der Waals surface area contributed by atoms with Crippen molar-refractivity contribution in [3.8, 4) is 0 Å². The van der Waals surface area contributed by atoms with Gasteiger partial charge in [0.05, 0.1) is 29.4 Å². The lowest BCUT2D eigenvalue weighted by Gasteiger charge is -2.17. The van der Waals surface area contributed by atoms with Crippen molar-refractivity contribution in [3.05, 3.63) is 12.7 Å². The standard InChI is InChI=1S/C11H17N5O11P3/c12-10-7-11(14-3-13-10)16(4-15-7)2-5-1-6-8(24-5)9(6)25-29(20,21)27-30(22,23)26-28(17,18)19/h3-6,8-9,17-19,22-23H,1-2H2,(H2-,12,13,14,20,21)/q+1/p+1. The highest BCUT2D eigenvalue weighted by Gasteiger charge is 2.66. The first-order valence-electron chi connectivity index (χ1n) is 8.26. The van der Waals surface area contributed by atoms with E-state index in [2.05, 4.69) is 23.6 Å². The molecule has 1 aliphatic carbocycles. The lowest BCUT2D eigenvalue weighted by atomic mass is 10.2. The average molecular weight is 489 g/mol. The van der Waals surface area contributed by atoms with Crippen LogP contribution in [-0.2, 0) is 29.0 Å². The number of hydrogen-bond donors (Lipinski definition) is 7. The maximum absolute atomic E-state index is 11.9. The largest absolute Gasteiger partial charge is 0.630 e. The summed E-state index contributed by atoms with van der Waals surface area (Å²) in [5, 5.41) is 0. The maximum Gasteiger partial charge on any atom is 0.630 e. The van der Waals surface area contributed by atoms with Crippen molar-refractivity contribution < 1.29 is 51.8 Å². The molecule has 19 heteroatoms. The molecule has 1 saturated heterocycles. The fraction of sp³-hybridized carbons (Fsp3) is 0.545. The molecule has 16 nitrogen and oxygen atoms in total. The third kappa shape index (κ3) is 4.92. The second-order valence-electron chi connectivity index (χ2n) is 6.66. The second-order valence-corrected chi connectivity index (χ2v) is 11.1. The number of fused-ring (bicyclic) bond motifs is 2. The molecule has 166 valence electrons. The van der Waals surface area contributed by atoms with Crippen LogP contribution in [0, 0.1) is 5.92 Å². The van der Waals surface area contributed by atoms with Gasteiger partial charge in [-0.05, 0) is 10.7 Å². The van der Waals surface area contributed by atoms with Gasteiger partial charge in [-0.2, -0.15) is 24.5 Å². The summed E-state index contributed by atoms with van der Waals surface area (Å²) in [7, 11) is -15.4. The van der Waals surface area contributed by atoms with E-state index in [-0.39, 0.29) is 17.8 Å². The molecule has 2 aromatic rings. The van der Waals surface area contributed by atoms with Crippen LogP contribution in [0.2, 0.25) is 0 Å². The molecular formula is C11H18N5O11P3+2. The smallest absolute Gasteiger partial charge is 0.382 e. The zero-order valence-electron chi connectivity index (χ0n) is 14.8. The van der Waals surface area contributed by atoms with Crippen LogP contribution < -0.4 is 5.73 Å². The SMILES string of the molecule is Nc1ncnc2c1ncn2CC1CC2C(O1)C2OP(=O)(O)O[P+](O)(O)O[P+](O)(O)O. The van der Waals surface area contributed by atoms with Crippen LogP contribution in [-0.4, -0.2) is 67.2 Å². The van der Waals surface area contributed by atoms with Crippen LogP contribution in [0.25, 0.3) is 11.2 Å². The summed E-state index contributed by atoms with van der Waals surface area (Å²) in [6.07, 6.45) is 1.68. The van der Waals surface area contributed by atoms with E-state index >= 15 is 0 Å². The van der Waals surface area contributed by atoms with Gasteiger partial charge in [0.1, 0.15) is 17.9 Å². The summed E-state index contributed by atoms with van der Waals surface area (Å²) < 4.78 is 32.0. The Labute approximate surface area is 168 Å². The number of phosphoric acid groups is 1. The molecule has 0 amide bonds. The number of ether oxygens (including phenoxy) is 1. The fourth-order valence-corrected chi connectivity index (χ4v) is 6.66. The zero-order valence-corrected chi connectivity index (χ0v) is 17.5. The molecule has 0 bridgehead atoms. The number of hydrogen-bond acceptors (Lipinski definition) is 14. The number of rotatable bonds is 8. The van der Waals surface area contributed by atoms with E-state index in [1.54, 1.807) is 10.9 Å². The molecule has 1 saturated carbocycles. The van der Waals surface area contributed by atoms with Crippen LogP contribution in [0.1, 0.15) is 6.42 Å². The van der Waals surface area contributed by atoms with Gasteiger partial charge < -0.3 is 19.9 Å². The number of nitrogens with zero attached hydrogens (tertiary/aromatic N) is 4. The molecule has 2 fully saturated rings. The molecule has 5 unspecified atom stereocenters. The molecule has 5 atom stereocenters. The van der Waals surface area contributed by atoms with Gasteiger partial charge >= 0.3 is 24.2 Å². The maximum atomic E-state index is 11.9. The minimum atomic E-state index is -5.23. The van der Waals surface area contributed by atoms with Crippen molar-refractivity contribution in [3.63, 3.8) is 0 Å². The average Bonchev–Trinajstić information content (AvgIpc) is 2.95. The lowest BCUT2D eigenvalue weighted by molar-refractivity contribution is 0.0223. The number of imidazole rings is 1. The number of nitrogen functional groups attached to an aromatic ring is 1. The summed E-state index contributed by atoms with van der Waals surface area (Å²) in [5.41, 5.74) is 6.74. The molecule has 0 radical (unpaired) electrons. The summed E-state index contributed by atoms with van der Waals surface area (Å²) in [6, 6.07) is 0. The van der Waals surface area contributed by atoms with Gasteiger partial charge in [0.15, 0.2) is 11.5 Å². The molecule has 8 N–H and O–H groups in total. The number of aromatic nitrogens is 4. The summed E-state index contributed by atoms with van der Waals surface area (Å²) in [6.45, 7) is 0.394.